The number of piperidine rings is 1. The predicted molar refractivity (Wildman–Crippen MR) is 77.6 cm³/mol. The third kappa shape index (κ3) is 4.92. The Morgan fingerprint density at radius 2 is 2.05 bits per heavy atom. The van der Waals surface area contributed by atoms with E-state index in [1.54, 1.807) is 12.1 Å². The van der Waals surface area contributed by atoms with Crippen LogP contribution in [0.25, 0.3) is 0 Å². The second kappa shape index (κ2) is 7.61. The summed E-state index contributed by atoms with van der Waals surface area (Å²) in [6.45, 7) is 4.37. The number of hydrogen-bond acceptors (Lipinski definition) is 2. The van der Waals surface area contributed by atoms with Crippen molar-refractivity contribution in [2.45, 2.75) is 32.1 Å². The third-order valence-corrected chi connectivity index (χ3v) is 4.04. The maximum Gasteiger partial charge on any atom is 0.123 e. The summed E-state index contributed by atoms with van der Waals surface area (Å²) in [6.07, 6.45) is 6.02. The lowest BCUT2D eigenvalue weighted by atomic mass is 9.91. The summed E-state index contributed by atoms with van der Waals surface area (Å²) in [6, 6.07) is 6.93. The maximum absolute atomic E-state index is 12.8. The van der Waals surface area contributed by atoms with Crippen molar-refractivity contribution >= 4 is 0 Å². The van der Waals surface area contributed by atoms with Gasteiger partial charge in [-0.1, -0.05) is 12.1 Å². The number of benzene rings is 1. The summed E-state index contributed by atoms with van der Waals surface area (Å²) in [4.78, 5) is 2.55. The van der Waals surface area contributed by atoms with Crippen LogP contribution in [0.1, 0.15) is 31.2 Å². The fourth-order valence-corrected chi connectivity index (χ4v) is 2.93. The Kier molecular flexibility index (Phi) is 5.80. The summed E-state index contributed by atoms with van der Waals surface area (Å²) in [7, 11) is 0. The second-order valence-electron chi connectivity index (χ2n) is 5.62. The van der Waals surface area contributed by atoms with Gasteiger partial charge in [-0.05, 0) is 75.4 Å². The molecule has 0 saturated carbocycles. The van der Waals surface area contributed by atoms with Crippen LogP contribution in [0, 0.1) is 11.7 Å². The fraction of sp³-hybridized carbons (Fsp3) is 0.625. The van der Waals surface area contributed by atoms with Crippen LogP contribution in [0.2, 0.25) is 0 Å². The number of nitrogens with zero attached hydrogens (tertiary/aromatic N) is 1. The molecule has 2 N–H and O–H groups in total. The third-order valence-electron chi connectivity index (χ3n) is 4.04. The molecule has 3 heteroatoms. The van der Waals surface area contributed by atoms with Crippen LogP contribution >= 0.6 is 0 Å². The topological polar surface area (TPSA) is 29.3 Å². The lowest BCUT2D eigenvalue weighted by Crippen LogP contribution is -2.36. The van der Waals surface area contributed by atoms with Crippen LogP contribution in [-0.2, 0) is 6.42 Å². The molecule has 1 aromatic rings. The van der Waals surface area contributed by atoms with E-state index in [1.807, 2.05) is 12.1 Å². The molecular weight excluding hydrogens is 239 g/mol. The zero-order chi connectivity index (χ0) is 13.5. The van der Waals surface area contributed by atoms with E-state index in [2.05, 4.69) is 4.90 Å². The van der Waals surface area contributed by atoms with Crippen molar-refractivity contribution in [3.05, 3.63) is 35.6 Å². The van der Waals surface area contributed by atoms with Crippen LogP contribution in [0.3, 0.4) is 0 Å². The number of hydrogen-bond donors (Lipinski definition) is 1. The van der Waals surface area contributed by atoms with Crippen LogP contribution < -0.4 is 5.73 Å². The molecule has 2 rings (SSSR count). The Labute approximate surface area is 115 Å². The Balaban J connectivity index is 1.74. The molecular formula is C16H25FN2. The minimum absolute atomic E-state index is 0.144. The van der Waals surface area contributed by atoms with E-state index in [-0.39, 0.29) is 5.82 Å². The monoisotopic (exact) mass is 264 g/mol. The minimum Gasteiger partial charge on any atom is -0.330 e. The second-order valence-corrected chi connectivity index (χ2v) is 5.62. The molecule has 0 unspecified atom stereocenters. The first-order valence-corrected chi connectivity index (χ1v) is 7.45. The van der Waals surface area contributed by atoms with Crippen LogP contribution in [0.5, 0.6) is 0 Å². The molecule has 2 nitrogen and oxygen atoms in total. The Bertz CT molecular complexity index is 364. The SMILES string of the molecule is NCCCN1CCC[C@H](CCc2ccc(F)cc2)C1. The van der Waals surface area contributed by atoms with Crippen LogP contribution in [-0.4, -0.2) is 31.1 Å². The fourth-order valence-electron chi connectivity index (χ4n) is 2.93. The highest BCUT2D eigenvalue weighted by Gasteiger charge is 2.19. The summed E-state index contributed by atoms with van der Waals surface area (Å²) >= 11 is 0. The molecule has 1 saturated heterocycles. The van der Waals surface area contributed by atoms with Gasteiger partial charge in [0, 0.05) is 6.54 Å². The molecule has 1 aliphatic rings. The standard InChI is InChI=1S/C16H25FN2/c17-16-8-6-14(7-9-16)4-5-15-3-1-11-19(13-15)12-2-10-18/h6-9,15H,1-5,10-13,18H2/t15-/m1/s1. The number of nitrogens with two attached hydrogens (primary N) is 1. The highest BCUT2D eigenvalue weighted by Crippen LogP contribution is 2.21. The van der Waals surface area contributed by atoms with Gasteiger partial charge >= 0.3 is 0 Å². The maximum atomic E-state index is 12.8. The van der Waals surface area contributed by atoms with E-state index in [4.69, 9.17) is 5.73 Å². The summed E-state index contributed by atoms with van der Waals surface area (Å²) in [5.74, 6) is 0.644. The number of halogens is 1. The molecule has 1 atom stereocenters. The molecule has 0 radical (unpaired) electrons. The van der Waals surface area contributed by atoms with E-state index in [1.165, 1.54) is 37.9 Å². The highest BCUT2D eigenvalue weighted by atomic mass is 19.1. The van der Waals surface area contributed by atoms with Crippen molar-refractivity contribution in [2.75, 3.05) is 26.2 Å². The first kappa shape index (κ1) is 14.5. The van der Waals surface area contributed by atoms with Crippen molar-refractivity contribution in [3.8, 4) is 0 Å². The largest absolute Gasteiger partial charge is 0.330 e. The lowest BCUT2D eigenvalue weighted by molar-refractivity contribution is 0.168. The summed E-state index contributed by atoms with van der Waals surface area (Å²) in [5.41, 5.74) is 6.82. The zero-order valence-corrected chi connectivity index (χ0v) is 11.7. The van der Waals surface area contributed by atoms with E-state index in [9.17, 15) is 4.39 Å². The van der Waals surface area contributed by atoms with Gasteiger partial charge in [-0.15, -0.1) is 0 Å². The molecule has 0 amide bonds. The molecule has 0 bridgehead atoms. The van der Waals surface area contributed by atoms with Gasteiger partial charge in [0.15, 0.2) is 0 Å². The van der Waals surface area contributed by atoms with Gasteiger partial charge in [-0.3, -0.25) is 0 Å². The number of rotatable bonds is 6. The minimum atomic E-state index is -0.144. The van der Waals surface area contributed by atoms with Crippen molar-refractivity contribution in [1.82, 2.24) is 4.90 Å². The Morgan fingerprint density at radius 3 is 2.79 bits per heavy atom. The first-order chi connectivity index (χ1) is 9.28. The van der Waals surface area contributed by atoms with Crippen molar-refractivity contribution in [3.63, 3.8) is 0 Å². The van der Waals surface area contributed by atoms with Crippen molar-refractivity contribution in [1.29, 1.82) is 0 Å². The molecule has 1 heterocycles. The molecule has 1 aliphatic heterocycles. The smallest absolute Gasteiger partial charge is 0.123 e. The van der Waals surface area contributed by atoms with Crippen LogP contribution in [0.4, 0.5) is 4.39 Å². The predicted octanol–water partition coefficient (Wildman–Crippen LogP) is 2.82. The summed E-state index contributed by atoms with van der Waals surface area (Å²) in [5, 5.41) is 0. The van der Waals surface area contributed by atoms with E-state index >= 15 is 0 Å². The van der Waals surface area contributed by atoms with Crippen LogP contribution in [0.15, 0.2) is 24.3 Å². The van der Waals surface area contributed by atoms with Gasteiger partial charge in [0.1, 0.15) is 5.82 Å². The number of aryl methyl sites for hydroxylation is 1. The molecule has 1 fully saturated rings. The molecule has 19 heavy (non-hydrogen) atoms. The molecule has 0 spiro atoms. The normalized spacial score (nSPS) is 20.6. The number of likely N-dealkylation sites (tertiary alicyclic amines) is 1. The van der Waals surface area contributed by atoms with Gasteiger partial charge in [0.25, 0.3) is 0 Å². The molecule has 0 aliphatic carbocycles. The van der Waals surface area contributed by atoms with Gasteiger partial charge < -0.3 is 10.6 Å². The van der Waals surface area contributed by atoms with Gasteiger partial charge in [-0.25, -0.2) is 4.39 Å². The Morgan fingerprint density at radius 1 is 1.26 bits per heavy atom. The van der Waals surface area contributed by atoms with Gasteiger partial charge in [0.05, 0.1) is 0 Å². The van der Waals surface area contributed by atoms with E-state index in [0.29, 0.717) is 0 Å². The molecule has 1 aromatic carbocycles. The van der Waals surface area contributed by atoms with E-state index < -0.39 is 0 Å². The quantitative estimate of drug-likeness (QED) is 0.856. The van der Waals surface area contributed by atoms with Gasteiger partial charge in [-0.2, -0.15) is 0 Å². The van der Waals surface area contributed by atoms with Crippen molar-refractivity contribution in [2.24, 2.45) is 11.7 Å². The summed E-state index contributed by atoms with van der Waals surface area (Å²) < 4.78 is 12.8. The average Bonchev–Trinajstić information content (AvgIpc) is 2.45. The lowest BCUT2D eigenvalue weighted by Gasteiger charge is -2.32. The molecule has 106 valence electrons. The molecule has 0 aromatic heterocycles. The van der Waals surface area contributed by atoms with Crippen molar-refractivity contribution < 1.29 is 4.39 Å². The average molecular weight is 264 g/mol. The van der Waals surface area contributed by atoms with E-state index in [0.717, 1.165) is 31.8 Å². The Hall–Kier alpha value is -0.930. The first-order valence-electron chi connectivity index (χ1n) is 7.45. The highest BCUT2D eigenvalue weighted by molar-refractivity contribution is 5.16. The zero-order valence-electron chi connectivity index (χ0n) is 11.7. The van der Waals surface area contributed by atoms with Gasteiger partial charge in [0.2, 0.25) is 0 Å².